The number of alkyl halides is 2. The monoisotopic (exact) mass is 295 g/mol. The predicted molar refractivity (Wildman–Crippen MR) is 78.2 cm³/mol. The van der Waals surface area contributed by atoms with E-state index in [1.807, 2.05) is 19.1 Å². The molecule has 1 atom stereocenters. The first-order valence-corrected chi connectivity index (χ1v) is 6.79. The standard InChI is InChI=1S/C16H16ClF2N/c1-12(13-7-9-15(17)10-8-13)20-11-16(18,19)14-5-3-2-4-6-14/h2-10,12,20H,11H2,1H3/t12-/m0/s1. The Labute approximate surface area is 122 Å². The molecule has 2 rings (SSSR count). The van der Waals surface area contributed by atoms with Crippen molar-refractivity contribution in [2.45, 2.75) is 18.9 Å². The Hall–Kier alpha value is -1.45. The Morgan fingerprint density at radius 3 is 2.25 bits per heavy atom. The van der Waals surface area contributed by atoms with E-state index < -0.39 is 12.5 Å². The summed E-state index contributed by atoms with van der Waals surface area (Å²) in [5, 5.41) is 3.50. The van der Waals surface area contributed by atoms with Gasteiger partial charge in [-0.25, -0.2) is 0 Å². The van der Waals surface area contributed by atoms with Crippen LogP contribution in [0, 0.1) is 0 Å². The first kappa shape index (κ1) is 14.9. The van der Waals surface area contributed by atoms with E-state index in [-0.39, 0.29) is 11.6 Å². The maximum Gasteiger partial charge on any atom is 0.285 e. The zero-order chi connectivity index (χ0) is 14.6. The normalized spacial score (nSPS) is 13.2. The fraction of sp³-hybridized carbons (Fsp3) is 0.250. The Balaban J connectivity index is 1.99. The van der Waals surface area contributed by atoms with Gasteiger partial charge in [0, 0.05) is 16.6 Å². The molecule has 2 aromatic carbocycles. The molecule has 106 valence electrons. The highest BCUT2D eigenvalue weighted by Gasteiger charge is 2.31. The Kier molecular flexibility index (Phi) is 4.73. The molecule has 4 heteroatoms. The van der Waals surface area contributed by atoms with E-state index in [0.29, 0.717) is 5.02 Å². The molecule has 20 heavy (non-hydrogen) atoms. The quantitative estimate of drug-likeness (QED) is 0.837. The molecule has 0 aliphatic rings. The van der Waals surface area contributed by atoms with Gasteiger partial charge < -0.3 is 5.32 Å². The van der Waals surface area contributed by atoms with E-state index in [1.54, 1.807) is 30.3 Å². The number of rotatable bonds is 5. The third kappa shape index (κ3) is 3.78. The maximum atomic E-state index is 14.0. The van der Waals surface area contributed by atoms with Gasteiger partial charge in [-0.3, -0.25) is 0 Å². The number of halogens is 3. The van der Waals surface area contributed by atoms with Gasteiger partial charge in [0.25, 0.3) is 5.92 Å². The zero-order valence-corrected chi connectivity index (χ0v) is 11.9. The third-order valence-electron chi connectivity index (χ3n) is 3.20. The molecule has 0 saturated heterocycles. The molecule has 2 aromatic rings. The molecule has 1 N–H and O–H groups in total. The largest absolute Gasteiger partial charge is 0.304 e. The van der Waals surface area contributed by atoms with Crippen LogP contribution in [0.1, 0.15) is 24.1 Å². The Morgan fingerprint density at radius 2 is 1.65 bits per heavy atom. The van der Waals surface area contributed by atoms with Crippen LogP contribution in [0.3, 0.4) is 0 Å². The average molecular weight is 296 g/mol. The van der Waals surface area contributed by atoms with Gasteiger partial charge in [0.15, 0.2) is 0 Å². The second-order valence-corrected chi connectivity index (χ2v) is 5.16. The third-order valence-corrected chi connectivity index (χ3v) is 3.45. The van der Waals surface area contributed by atoms with Crippen molar-refractivity contribution >= 4 is 11.6 Å². The van der Waals surface area contributed by atoms with Crippen LogP contribution in [0.25, 0.3) is 0 Å². The van der Waals surface area contributed by atoms with Gasteiger partial charge >= 0.3 is 0 Å². The summed E-state index contributed by atoms with van der Waals surface area (Å²) < 4.78 is 28.0. The predicted octanol–water partition coefficient (Wildman–Crippen LogP) is 4.78. The van der Waals surface area contributed by atoms with Crippen molar-refractivity contribution in [1.29, 1.82) is 0 Å². The van der Waals surface area contributed by atoms with Crippen molar-refractivity contribution in [2.75, 3.05) is 6.54 Å². The number of nitrogens with one attached hydrogen (secondary N) is 1. The minimum absolute atomic E-state index is 0.0239. The first-order valence-electron chi connectivity index (χ1n) is 6.41. The van der Waals surface area contributed by atoms with Crippen molar-refractivity contribution in [3.8, 4) is 0 Å². The highest BCUT2D eigenvalue weighted by atomic mass is 35.5. The molecule has 1 nitrogen and oxygen atoms in total. The molecule has 0 unspecified atom stereocenters. The van der Waals surface area contributed by atoms with Gasteiger partial charge in [0.1, 0.15) is 0 Å². The minimum Gasteiger partial charge on any atom is -0.304 e. The van der Waals surface area contributed by atoms with E-state index in [9.17, 15) is 8.78 Å². The fourth-order valence-corrected chi connectivity index (χ4v) is 2.06. The topological polar surface area (TPSA) is 12.0 Å². The summed E-state index contributed by atoms with van der Waals surface area (Å²) in [5.41, 5.74) is 0.953. The molecule has 0 saturated carbocycles. The number of hydrogen-bond acceptors (Lipinski definition) is 1. The lowest BCUT2D eigenvalue weighted by molar-refractivity contribution is -0.00534. The molecule has 0 bridgehead atoms. The van der Waals surface area contributed by atoms with Crippen LogP contribution in [-0.2, 0) is 5.92 Å². The van der Waals surface area contributed by atoms with Crippen molar-refractivity contribution in [2.24, 2.45) is 0 Å². The van der Waals surface area contributed by atoms with Gasteiger partial charge in [0.05, 0.1) is 6.54 Å². The van der Waals surface area contributed by atoms with Gasteiger partial charge in [0.2, 0.25) is 0 Å². The smallest absolute Gasteiger partial charge is 0.285 e. The van der Waals surface area contributed by atoms with Gasteiger partial charge in [-0.2, -0.15) is 8.78 Å². The Bertz CT molecular complexity index is 540. The minimum atomic E-state index is -2.89. The van der Waals surface area contributed by atoms with Crippen molar-refractivity contribution in [3.05, 3.63) is 70.7 Å². The van der Waals surface area contributed by atoms with Crippen LogP contribution in [0.2, 0.25) is 5.02 Å². The molecule has 0 aliphatic carbocycles. The van der Waals surface area contributed by atoms with E-state index >= 15 is 0 Å². The SMILES string of the molecule is C[C@H](NCC(F)(F)c1ccccc1)c1ccc(Cl)cc1. The summed E-state index contributed by atoms with van der Waals surface area (Å²) in [6.07, 6.45) is 0. The van der Waals surface area contributed by atoms with Crippen LogP contribution >= 0.6 is 11.6 Å². The van der Waals surface area contributed by atoms with Gasteiger partial charge in [-0.15, -0.1) is 0 Å². The second-order valence-electron chi connectivity index (χ2n) is 4.72. The number of benzene rings is 2. The van der Waals surface area contributed by atoms with Crippen molar-refractivity contribution in [1.82, 2.24) is 5.32 Å². The molecule has 0 fully saturated rings. The van der Waals surface area contributed by atoms with Crippen molar-refractivity contribution < 1.29 is 8.78 Å². The lowest BCUT2D eigenvalue weighted by Crippen LogP contribution is -2.32. The van der Waals surface area contributed by atoms with Crippen LogP contribution in [0.5, 0.6) is 0 Å². The highest BCUT2D eigenvalue weighted by molar-refractivity contribution is 6.30. The summed E-state index contributed by atoms with van der Waals surface area (Å²) in [5.74, 6) is -2.89. The molecule has 0 heterocycles. The van der Waals surface area contributed by atoms with E-state index in [4.69, 9.17) is 11.6 Å². The summed E-state index contributed by atoms with van der Waals surface area (Å²) in [4.78, 5) is 0. The average Bonchev–Trinajstić information content (AvgIpc) is 2.46. The molecule has 0 spiro atoms. The molecule has 0 aromatic heterocycles. The summed E-state index contributed by atoms with van der Waals surface area (Å²) in [6.45, 7) is 1.45. The van der Waals surface area contributed by atoms with E-state index in [1.165, 1.54) is 12.1 Å². The Morgan fingerprint density at radius 1 is 1.05 bits per heavy atom. The van der Waals surface area contributed by atoms with E-state index in [2.05, 4.69) is 5.32 Å². The van der Waals surface area contributed by atoms with Gasteiger partial charge in [-0.05, 0) is 24.6 Å². The summed E-state index contributed by atoms with van der Waals surface area (Å²) in [6, 6.07) is 14.8. The van der Waals surface area contributed by atoms with Crippen LogP contribution in [-0.4, -0.2) is 6.54 Å². The maximum absolute atomic E-state index is 14.0. The highest BCUT2D eigenvalue weighted by Crippen LogP contribution is 2.27. The fourth-order valence-electron chi connectivity index (χ4n) is 1.93. The molecule has 0 aliphatic heterocycles. The van der Waals surface area contributed by atoms with Crippen LogP contribution < -0.4 is 5.32 Å². The second kappa shape index (κ2) is 6.33. The van der Waals surface area contributed by atoms with Crippen LogP contribution in [0.15, 0.2) is 54.6 Å². The zero-order valence-electron chi connectivity index (χ0n) is 11.1. The first-order chi connectivity index (χ1) is 9.49. The lowest BCUT2D eigenvalue weighted by atomic mass is 10.1. The molecular weight excluding hydrogens is 280 g/mol. The van der Waals surface area contributed by atoms with Gasteiger partial charge in [-0.1, -0.05) is 54.1 Å². The molecule has 0 radical (unpaired) electrons. The summed E-state index contributed by atoms with van der Waals surface area (Å²) >= 11 is 5.81. The number of hydrogen-bond donors (Lipinski definition) is 1. The summed E-state index contributed by atoms with van der Waals surface area (Å²) in [7, 11) is 0. The lowest BCUT2D eigenvalue weighted by Gasteiger charge is -2.21. The van der Waals surface area contributed by atoms with Crippen molar-refractivity contribution in [3.63, 3.8) is 0 Å². The van der Waals surface area contributed by atoms with E-state index in [0.717, 1.165) is 5.56 Å². The molecular formula is C16H16ClF2N. The van der Waals surface area contributed by atoms with Crippen LogP contribution in [0.4, 0.5) is 8.78 Å². The molecule has 0 amide bonds.